The zero-order valence-electron chi connectivity index (χ0n) is 15.0. The Morgan fingerprint density at radius 1 is 1.18 bits per heavy atom. The first-order valence-corrected chi connectivity index (χ1v) is 9.24. The number of hydrogen-bond acceptors (Lipinski definition) is 5. The maximum Gasteiger partial charge on any atom is 0.423 e. The van der Waals surface area contributed by atoms with E-state index in [1.165, 1.54) is 0 Å². The van der Waals surface area contributed by atoms with Crippen molar-refractivity contribution in [1.82, 2.24) is 15.1 Å². The van der Waals surface area contributed by atoms with Crippen molar-refractivity contribution < 1.29 is 27.5 Å². The van der Waals surface area contributed by atoms with E-state index >= 15 is 0 Å². The second kappa shape index (κ2) is 6.88. The van der Waals surface area contributed by atoms with Gasteiger partial charge in [0.15, 0.2) is 0 Å². The molecular weight excluding hydrogens is 375 g/mol. The van der Waals surface area contributed by atoms with Crippen LogP contribution >= 0.6 is 0 Å². The van der Waals surface area contributed by atoms with Crippen molar-refractivity contribution in [2.24, 2.45) is 5.92 Å². The molecule has 0 radical (unpaired) electrons. The number of carbonyl (C=O) groups is 1. The third kappa shape index (κ3) is 3.39. The number of amides is 1. The monoisotopic (exact) mass is 395 g/mol. The lowest BCUT2D eigenvalue weighted by Crippen LogP contribution is -2.50. The van der Waals surface area contributed by atoms with E-state index in [2.05, 4.69) is 10.2 Å². The number of aliphatic hydroxyl groups is 1. The molecule has 2 heterocycles. The van der Waals surface area contributed by atoms with E-state index in [0.29, 0.717) is 24.6 Å². The fourth-order valence-corrected chi connectivity index (χ4v) is 4.02. The van der Waals surface area contributed by atoms with Gasteiger partial charge in [-0.2, -0.15) is 13.2 Å². The van der Waals surface area contributed by atoms with Gasteiger partial charge in [0.25, 0.3) is 5.91 Å². The highest BCUT2D eigenvalue weighted by atomic mass is 19.4. The van der Waals surface area contributed by atoms with Gasteiger partial charge in [-0.3, -0.25) is 4.79 Å². The van der Waals surface area contributed by atoms with Gasteiger partial charge in [-0.1, -0.05) is 18.2 Å². The lowest BCUT2D eigenvalue weighted by atomic mass is 9.81. The molecule has 2 aromatic rings. The van der Waals surface area contributed by atoms with Gasteiger partial charge in [0.2, 0.25) is 17.9 Å². The number of nitrogens with zero attached hydrogens (tertiary/aromatic N) is 3. The van der Waals surface area contributed by atoms with E-state index < -0.39 is 18.2 Å². The minimum absolute atomic E-state index is 0.156. The van der Waals surface area contributed by atoms with Gasteiger partial charge in [0.1, 0.15) is 0 Å². The molecule has 1 aromatic carbocycles. The first kappa shape index (κ1) is 18.9. The smallest absolute Gasteiger partial charge is 0.420 e. The molecule has 2 aliphatic rings. The lowest BCUT2D eigenvalue weighted by Gasteiger charge is -2.36. The molecule has 2 fully saturated rings. The minimum atomic E-state index is -4.94. The second-order valence-corrected chi connectivity index (χ2v) is 7.48. The molecule has 1 aromatic heterocycles. The molecule has 150 valence electrons. The van der Waals surface area contributed by atoms with Crippen molar-refractivity contribution in [3.63, 3.8) is 0 Å². The van der Waals surface area contributed by atoms with Crippen LogP contribution in [0.1, 0.15) is 31.6 Å². The fourth-order valence-electron chi connectivity index (χ4n) is 4.02. The average Bonchev–Trinajstić information content (AvgIpc) is 3.36. The standard InChI is InChI=1S/C19H20F3N3O3/c20-19(21,22)14(26)16(27)25-10-6-13(7-11-25)18(8-9-18)17-24-23-15(28-17)12-4-2-1-3-5-12/h1-5,13-14,26H,6-11H2/t14-/m1/s1. The molecule has 1 saturated heterocycles. The van der Waals surface area contributed by atoms with E-state index in [9.17, 15) is 23.1 Å². The van der Waals surface area contributed by atoms with Crippen molar-refractivity contribution in [2.75, 3.05) is 13.1 Å². The first-order chi connectivity index (χ1) is 13.3. The molecule has 9 heteroatoms. The number of alkyl halides is 3. The number of halogens is 3. The van der Waals surface area contributed by atoms with Gasteiger partial charge < -0.3 is 14.4 Å². The van der Waals surface area contributed by atoms with Crippen LogP contribution in [0.4, 0.5) is 13.2 Å². The highest BCUT2D eigenvalue weighted by Gasteiger charge is 2.56. The predicted molar refractivity (Wildman–Crippen MR) is 92.0 cm³/mol. The van der Waals surface area contributed by atoms with Crippen molar-refractivity contribution >= 4 is 5.91 Å². The summed E-state index contributed by atoms with van der Waals surface area (Å²) >= 11 is 0. The van der Waals surface area contributed by atoms with E-state index in [1.54, 1.807) is 0 Å². The van der Waals surface area contributed by atoms with Crippen LogP contribution in [0.2, 0.25) is 0 Å². The van der Waals surface area contributed by atoms with Crippen LogP contribution < -0.4 is 0 Å². The zero-order valence-corrected chi connectivity index (χ0v) is 15.0. The summed E-state index contributed by atoms with van der Waals surface area (Å²) in [5, 5.41) is 17.6. The third-order valence-electron chi connectivity index (χ3n) is 5.79. The summed E-state index contributed by atoms with van der Waals surface area (Å²) in [6, 6.07) is 9.43. The molecule has 0 spiro atoms. The van der Waals surface area contributed by atoms with E-state index in [0.717, 1.165) is 23.3 Å². The Kier molecular flexibility index (Phi) is 4.65. The van der Waals surface area contributed by atoms with Crippen molar-refractivity contribution in [2.45, 2.75) is 43.4 Å². The Morgan fingerprint density at radius 2 is 1.82 bits per heavy atom. The topological polar surface area (TPSA) is 79.5 Å². The predicted octanol–water partition coefficient (Wildman–Crippen LogP) is 2.93. The Bertz CT molecular complexity index is 841. The molecule has 1 N–H and O–H groups in total. The fraction of sp³-hybridized carbons (Fsp3) is 0.526. The third-order valence-corrected chi connectivity index (χ3v) is 5.79. The van der Waals surface area contributed by atoms with Crippen LogP contribution in [0.15, 0.2) is 34.7 Å². The Labute approximate surface area is 159 Å². The lowest BCUT2D eigenvalue weighted by molar-refractivity contribution is -0.211. The quantitative estimate of drug-likeness (QED) is 0.861. The Morgan fingerprint density at radius 3 is 2.39 bits per heavy atom. The number of carbonyl (C=O) groups excluding carboxylic acids is 1. The molecule has 0 bridgehead atoms. The van der Waals surface area contributed by atoms with Crippen LogP contribution in [-0.4, -0.2) is 51.5 Å². The molecule has 1 amide bonds. The van der Waals surface area contributed by atoms with Crippen molar-refractivity contribution in [1.29, 1.82) is 0 Å². The maximum atomic E-state index is 12.6. The number of likely N-dealkylation sites (tertiary alicyclic amines) is 1. The van der Waals surface area contributed by atoms with Crippen LogP contribution in [0, 0.1) is 5.92 Å². The molecule has 4 rings (SSSR count). The second-order valence-electron chi connectivity index (χ2n) is 7.48. The van der Waals surface area contributed by atoms with E-state index in [1.807, 2.05) is 30.3 Å². The highest BCUT2D eigenvalue weighted by Crippen LogP contribution is 2.56. The van der Waals surface area contributed by atoms with Gasteiger partial charge in [-0.05, 0) is 43.7 Å². The minimum Gasteiger partial charge on any atom is -0.420 e. The van der Waals surface area contributed by atoms with Crippen molar-refractivity contribution in [3.8, 4) is 11.5 Å². The summed E-state index contributed by atoms with van der Waals surface area (Å²) in [5.41, 5.74) is 0.580. The zero-order chi connectivity index (χ0) is 19.9. The van der Waals surface area contributed by atoms with Crippen LogP contribution in [-0.2, 0) is 10.2 Å². The van der Waals surface area contributed by atoms with E-state index in [-0.39, 0.29) is 24.4 Å². The van der Waals surface area contributed by atoms with Gasteiger partial charge in [0.05, 0.1) is 5.41 Å². The molecule has 28 heavy (non-hydrogen) atoms. The van der Waals surface area contributed by atoms with Gasteiger partial charge in [-0.25, -0.2) is 0 Å². The average molecular weight is 395 g/mol. The number of benzene rings is 1. The highest BCUT2D eigenvalue weighted by molar-refractivity contribution is 5.81. The first-order valence-electron chi connectivity index (χ1n) is 9.24. The Balaban J connectivity index is 1.43. The van der Waals surface area contributed by atoms with Gasteiger partial charge >= 0.3 is 6.18 Å². The summed E-state index contributed by atoms with van der Waals surface area (Å²) in [6.07, 6.45) is -5.05. The van der Waals surface area contributed by atoms with E-state index in [4.69, 9.17) is 4.42 Å². The summed E-state index contributed by atoms with van der Waals surface area (Å²) in [7, 11) is 0. The molecular formula is C19H20F3N3O3. The molecule has 1 atom stereocenters. The SMILES string of the molecule is O=C([C@@H](O)C(F)(F)F)N1CCC(C2(c3nnc(-c4ccccc4)o3)CC2)CC1. The molecule has 1 aliphatic carbocycles. The van der Waals surface area contributed by atoms with Crippen LogP contribution in [0.3, 0.4) is 0 Å². The summed E-state index contributed by atoms with van der Waals surface area (Å²) in [5.74, 6) is -0.113. The molecule has 6 nitrogen and oxygen atoms in total. The van der Waals surface area contributed by atoms with Gasteiger partial charge in [-0.15, -0.1) is 10.2 Å². The number of aliphatic hydroxyl groups excluding tert-OH is 1. The molecule has 1 aliphatic heterocycles. The molecule has 0 unspecified atom stereocenters. The number of aromatic nitrogens is 2. The number of hydrogen-bond donors (Lipinski definition) is 1. The van der Waals surface area contributed by atoms with Crippen LogP contribution in [0.25, 0.3) is 11.5 Å². The maximum absolute atomic E-state index is 12.6. The normalized spacial score (nSPS) is 20.8. The van der Waals surface area contributed by atoms with Crippen molar-refractivity contribution in [3.05, 3.63) is 36.2 Å². The summed E-state index contributed by atoms with van der Waals surface area (Å²) in [6.45, 7) is 0.357. The molecule has 1 saturated carbocycles. The Hall–Kier alpha value is -2.42. The number of piperidine rings is 1. The number of rotatable bonds is 4. The largest absolute Gasteiger partial charge is 0.423 e. The van der Waals surface area contributed by atoms with Crippen LogP contribution in [0.5, 0.6) is 0 Å². The van der Waals surface area contributed by atoms with Gasteiger partial charge in [0, 0.05) is 18.7 Å². The summed E-state index contributed by atoms with van der Waals surface area (Å²) in [4.78, 5) is 13.0. The summed E-state index contributed by atoms with van der Waals surface area (Å²) < 4.78 is 43.6.